The van der Waals surface area contributed by atoms with Crippen LogP contribution in [0.2, 0.25) is 0 Å². The summed E-state index contributed by atoms with van der Waals surface area (Å²) in [4.78, 5) is 0. The lowest BCUT2D eigenvalue weighted by Gasteiger charge is -2.20. The van der Waals surface area contributed by atoms with Crippen LogP contribution in [0.4, 0.5) is 4.39 Å². The Bertz CT molecular complexity index is 400. The third kappa shape index (κ3) is 3.31. The molecule has 1 aromatic rings. The highest BCUT2D eigenvalue weighted by Gasteiger charge is 2.15. The van der Waals surface area contributed by atoms with Crippen LogP contribution in [0.25, 0.3) is 0 Å². The maximum absolute atomic E-state index is 13.6. The molecule has 0 aromatic heterocycles. The van der Waals surface area contributed by atoms with Gasteiger partial charge in [0.15, 0.2) is 0 Å². The number of hydrogen-bond acceptors (Lipinski definition) is 2. The molecule has 0 bridgehead atoms. The molecule has 86 valence electrons. The summed E-state index contributed by atoms with van der Waals surface area (Å²) in [6.45, 7) is 2.12. The van der Waals surface area contributed by atoms with Crippen molar-refractivity contribution in [3.8, 4) is 12.3 Å². The van der Waals surface area contributed by atoms with E-state index in [1.807, 2.05) is 6.92 Å². The van der Waals surface area contributed by atoms with Crippen LogP contribution in [0.3, 0.4) is 0 Å². The first kappa shape index (κ1) is 13.2. The fraction of sp³-hybridized carbons (Fsp3) is 0.333. The number of terminal acetylenes is 1. The zero-order chi connectivity index (χ0) is 12.1. The Morgan fingerprint density at radius 1 is 1.62 bits per heavy atom. The van der Waals surface area contributed by atoms with Gasteiger partial charge in [0.25, 0.3) is 0 Å². The molecule has 16 heavy (non-hydrogen) atoms. The minimum absolute atomic E-state index is 0.146. The first-order valence-corrected chi connectivity index (χ1v) is 5.75. The second kappa shape index (κ2) is 6.00. The van der Waals surface area contributed by atoms with Crippen LogP contribution in [0.15, 0.2) is 22.7 Å². The van der Waals surface area contributed by atoms with Crippen molar-refractivity contribution in [1.29, 1.82) is 0 Å². The van der Waals surface area contributed by atoms with Crippen LogP contribution in [-0.4, -0.2) is 12.6 Å². The molecule has 0 spiro atoms. The number of rotatable bonds is 4. The van der Waals surface area contributed by atoms with E-state index >= 15 is 0 Å². The van der Waals surface area contributed by atoms with E-state index in [9.17, 15) is 4.39 Å². The first-order chi connectivity index (χ1) is 7.58. The molecule has 4 heteroatoms. The topological polar surface area (TPSA) is 38.0 Å². The van der Waals surface area contributed by atoms with E-state index in [0.717, 1.165) is 4.47 Å². The molecule has 0 aliphatic heterocycles. The number of halogens is 2. The minimum atomic E-state index is -0.282. The SMILES string of the molecule is C#CC(C)NC(CN)c1cc(Br)ccc1F. The van der Waals surface area contributed by atoms with E-state index in [1.54, 1.807) is 12.1 Å². The number of nitrogens with one attached hydrogen (secondary N) is 1. The van der Waals surface area contributed by atoms with E-state index < -0.39 is 0 Å². The van der Waals surface area contributed by atoms with Crippen LogP contribution < -0.4 is 11.1 Å². The lowest BCUT2D eigenvalue weighted by Crippen LogP contribution is -2.34. The summed E-state index contributed by atoms with van der Waals surface area (Å²) < 4.78 is 14.4. The third-order valence-corrected chi connectivity index (χ3v) is 2.76. The average molecular weight is 285 g/mol. The summed E-state index contributed by atoms with van der Waals surface area (Å²) in [5.41, 5.74) is 6.14. The van der Waals surface area contributed by atoms with E-state index in [2.05, 4.69) is 27.2 Å². The maximum atomic E-state index is 13.6. The van der Waals surface area contributed by atoms with Crippen LogP contribution in [0.5, 0.6) is 0 Å². The Morgan fingerprint density at radius 2 is 2.31 bits per heavy atom. The van der Waals surface area contributed by atoms with Crippen molar-refractivity contribution in [3.05, 3.63) is 34.1 Å². The van der Waals surface area contributed by atoms with Crippen molar-refractivity contribution >= 4 is 15.9 Å². The molecule has 2 unspecified atom stereocenters. The van der Waals surface area contributed by atoms with Crippen LogP contribution in [0, 0.1) is 18.2 Å². The highest BCUT2D eigenvalue weighted by molar-refractivity contribution is 9.10. The Hall–Kier alpha value is -0.890. The highest BCUT2D eigenvalue weighted by atomic mass is 79.9. The summed E-state index contributed by atoms with van der Waals surface area (Å²) >= 11 is 3.30. The molecular formula is C12H14BrFN2. The van der Waals surface area contributed by atoms with Gasteiger partial charge in [0.1, 0.15) is 5.82 Å². The second-order valence-corrected chi connectivity index (χ2v) is 4.42. The van der Waals surface area contributed by atoms with E-state index in [4.69, 9.17) is 12.2 Å². The van der Waals surface area contributed by atoms with Gasteiger partial charge in [-0.1, -0.05) is 21.9 Å². The standard InChI is InChI=1S/C12H14BrFN2/c1-3-8(2)16-12(7-15)10-6-9(13)4-5-11(10)14/h1,4-6,8,12,16H,7,15H2,2H3. The van der Waals surface area contributed by atoms with Gasteiger partial charge in [0.2, 0.25) is 0 Å². The van der Waals surface area contributed by atoms with E-state index in [0.29, 0.717) is 12.1 Å². The van der Waals surface area contributed by atoms with Crippen LogP contribution in [-0.2, 0) is 0 Å². The fourth-order valence-electron chi connectivity index (χ4n) is 1.42. The number of benzene rings is 1. The van der Waals surface area contributed by atoms with E-state index in [-0.39, 0.29) is 17.9 Å². The van der Waals surface area contributed by atoms with Crippen molar-refractivity contribution in [2.45, 2.75) is 19.0 Å². The van der Waals surface area contributed by atoms with E-state index in [1.165, 1.54) is 6.07 Å². The maximum Gasteiger partial charge on any atom is 0.128 e. The molecule has 3 N–H and O–H groups in total. The third-order valence-electron chi connectivity index (χ3n) is 2.27. The number of nitrogens with two attached hydrogens (primary N) is 1. The molecular weight excluding hydrogens is 271 g/mol. The molecule has 0 heterocycles. The van der Waals surface area contributed by atoms with Crippen LogP contribution in [0.1, 0.15) is 18.5 Å². The Balaban J connectivity index is 2.95. The first-order valence-electron chi connectivity index (χ1n) is 4.95. The quantitative estimate of drug-likeness (QED) is 0.832. The number of hydrogen-bond donors (Lipinski definition) is 2. The van der Waals surface area contributed by atoms with Gasteiger partial charge >= 0.3 is 0 Å². The second-order valence-electron chi connectivity index (χ2n) is 3.51. The van der Waals surface area contributed by atoms with Crippen molar-refractivity contribution in [1.82, 2.24) is 5.32 Å². The summed E-state index contributed by atoms with van der Waals surface area (Å²) in [5.74, 6) is 2.25. The Morgan fingerprint density at radius 3 is 2.88 bits per heavy atom. The molecule has 1 rings (SSSR count). The molecule has 2 nitrogen and oxygen atoms in total. The Labute approximate surface area is 104 Å². The zero-order valence-corrected chi connectivity index (χ0v) is 10.6. The molecule has 0 amide bonds. The van der Waals surface area contributed by atoms with Gasteiger partial charge in [-0.25, -0.2) is 4.39 Å². The smallest absolute Gasteiger partial charge is 0.128 e. The molecule has 0 saturated heterocycles. The van der Waals surface area contributed by atoms with Gasteiger partial charge < -0.3 is 5.73 Å². The summed E-state index contributed by atoms with van der Waals surface area (Å²) in [6, 6.07) is 4.35. The van der Waals surface area contributed by atoms with Crippen molar-refractivity contribution in [2.75, 3.05) is 6.54 Å². The fourth-order valence-corrected chi connectivity index (χ4v) is 1.80. The zero-order valence-electron chi connectivity index (χ0n) is 9.00. The summed E-state index contributed by atoms with van der Waals surface area (Å²) in [5, 5.41) is 3.08. The lowest BCUT2D eigenvalue weighted by atomic mass is 10.1. The lowest BCUT2D eigenvalue weighted by molar-refractivity contribution is 0.489. The van der Waals surface area contributed by atoms with Gasteiger partial charge in [0, 0.05) is 22.6 Å². The monoisotopic (exact) mass is 284 g/mol. The molecule has 0 aliphatic carbocycles. The average Bonchev–Trinajstić information content (AvgIpc) is 2.29. The van der Waals surface area contributed by atoms with Gasteiger partial charge in [-0.05, 0) is 25.1 Å². The summed E-state index contributed by atoms with van der Waals surface area (Å²) in [6.07, 6.45) is 5.26. The molecule has 0 saturated carbocycles. The highest BCUT2D eigenvalue weighted by Crippen LogP contribution is 2.21. The minimum Gasteiger partial charge on any atom is -0.329 e. The van der Waals surface area contributed by atoms with Crippen molar-refractivity contribution in [3.63, 3.8) is 0 Å². The van der Waals surface area contributed by atoms with Gasteiger partial charge in [-0.2, -0.15) is 0 Å². The molecule has 0 aliphatic rings. The largest absolute Gasteiger partial charge is 0.329 e. The normalized spacial score (nSPS) is 14.2. The van der Waals surface area contributed by atoms with Gasteiger partial charge in [-0.15, -0.1) is 6.42 Å². The van der Waals surface area contributed by atoms with Crippen molar-refractivity contribution < 1.29 is 4.39 Å². The summed E-state index contributed by atoms with van der Waals surface area (Å²) in [7, 11) is 0. The molecule has 2 atom stereocenters. The Kier molecular flexibility index (Phi) is 4.94. The van der Waals surface area contributed by atoms with Crippen LogP contribution >= 0.6 is 15.9 Å². The van der Waals surface area contributed by atoms with Gasteiger partial charge in [0.05, 0.1) is 6.04 Å². The molecule has 0 radical (unpaired) electrons. The predicted octanol–water partition coefficient (Wildman–Crippen LogP) is 2.20. The molecule has 1 aromatic carbocycles. The van der Waals surface area contributed by atoms with Gasteiger partial charge in [-0.3, -0.25) is 5.32 Å². The van der Waals surface area contributed by atoms with Crippen molar-refractivity contribution in [2.24, 2.45) is 5.73 Å². The molecule has 0 fully saturated rings. The predicted molar refractivity (Wildman–Crippen MR) is 67.3 cm³/mol.